The van der Waals surface area contributed by atoms with Crippen LogP contribution in [-0.4, -0.2) is 28.9 Å². The van der Waals surface area contributed by atoms with Crippen molar-refractivity contribution in [1.29, 1.82) is 0 Å². The predicted octanol–water partition coefficient (Wildman–Crippen LogP) is 2.17. The highest BCUT2D eigenvalue weighted by atomic mass is 19.1. The van der Waals surface area contributed by atoms with Crippen LogP contribution in [0.4, 0.5) is 4.39 Å². The number of carbonyl (C=O) groups excluding carboxylic acids is 1. The van der Waals surface area contributed by atoms with E-state index in [1.165, 1.54) is 12.1 Å². The summed E-state index contributed by atoms with van der Waals surface area (Å²) in [6.07, 6.45) is 1.76. The van der Waals surface area contributed by atoms with Crippen LogP contribution in [0, 0.1) is 5.82 Å². The van der Waals surface area contributed by atoms with Crippen LogP contribution < -0.4 is 5.73 Å². The van der Waals surface area contributed by atoms with E-state index >= 15 is 0 Å². The summed E-state index contributed by atoms with van der Waals surface area (Å²) in [4.78, 5) is 14.1. The van der Waals surface area contributed by atoms with E-state index in [0.717, 1.165) is 12.8 Å². The van der Waals surface area contributed by atoms with Gasteiger partial charge in [-0.05, 0) is 38.8 Å². The number of carbonyl (C=O) groups is 1. The summed E-state index contributed by atoms with van der Waals surface area (Å²) < 4.78 is 13.7. The molecule has 0 saturated carbocycles. The van der Waals surface area contributed by atoms with Crippen LogP contribution in [-0.2, 0) is 0 Å². The number of benzene rings is 1. The maximum Gasteiger partial charge on any atom is 0.257 e. The lowest BCUT2D eigenvalue weighted by molar-refractivity contribution is 0.0358. The van der Waals surface area contributed by atoms with Crippen LogP contribution in [0.5, 0.6) is 0 Å². The normalized spacial score (nSPS) is 22.9. The van der Waals surface area contributed by atoms with Crippen LogP contribution in [0.1, 0.15) is 37.0 Å². The molecule has 98 valence electrons. The van der Waals surface area contributed by atoms with Gasteiger partial charge in [-0.1, -0.05) is 12.1 Å². The van der Waals surface area contributed by atoms with E-state index in [-0.39, 0.29) is 17.5 Å². The average Bonchev–Trinajstić information content (AvgIpc) is 2.32. The summed E-state index contributed by atoms with van der Waals surface area (Å²) >= 11 is 0. The van der Waals surface area contributed by atoms with Gasteiger partial charge in [-0.3, -0.25) is 4.79 Å². The number of nitrogens with zero attached hydrogens (tertiary/aromatic N) is 1. The second kappa shape index (κ2) is 4.69. The number of amides is 1. The lowest BCUT2D eigenvalue weighted by Crippen LogP contribution is -2.61. The molecule has 1 amide bonds. The monoisotopic (exact) mass is 250 g/mol. The first-order valence-corrected chi connectivity index (χ1v) is 6.26. The molecule has 4 heteroatoms. The minimum Gasteiger partial charge on any atom is -0.332 e. The molecule has 0 aromatic heterocycles. The maximum atomic E-state index is 13.7. The van der Waals surface area contributed by atoms with Gasteiger partial charge < -0.3 is 10.6 Å². The summed E-state index contributed by atoms with van der Waals surface area (Å²) in [5, 5.41) is 0. The first-order chi connectivity index (χ1) is 8.44. The molecule has 0 bridgehead atoms. The highest BCUT2D eigenvalue weighted by Gasteiger charge is 2.39. The second-order valence-electron chi connectivity index (χ2n) is 5.34. The third-order valence-corrected chi connectivity index (χ3v) is 3.85. The third kappa shape index (κ3) is 2.12. The average molecular weight is 250 g/mol. The van der Waals surface area contributed by atoms with Crippen LogP contribution >= 0.6 is 0 Å². The lowest BCUT2D eigenvalue weighted by Gasteiger charge is -2.46. The van der Waals surface area contributed by atoms with Crippen LogP contribution in [0.2, 0.25) is 0 Å². The van der Waals surface area contributed by atoms with Crippen molar-refractivity contribution >= 4 is 5.91 Å². The highest BCUT2D eigenvalue weighted by Crippen LogP contribution is 2.28. The number of rotatable bonds is 1. The van der Waals surface area contributed by atoms with Gasteiger partial charge in [0.25, 0.3) is 5.91 Å². The van der Waals surface area contributed by atoms with E-state index in [0.29, 0.717) is 6.54 Å². The molecule has 2 rings (SSSR count). The van der Waals surface area contributed by atoms with Gasteiger partial charge in [-0.25, -0.2) is 4.39 Å². The fourth-order valence-corrected chi connectivity index (χ4v) is 2.45. The van der Waals surface area contributed by atoms with Gasteiger partial charge in [-0.15, -0.1) is 0 Å². The largest absolute Gasteiger partial charge is 0.332 e. The molecule has 18 heavy (non-hydrogen) atoms. The van der Waals surface area contributed by atoms with Gasteiger partial charge in [0, 0.05) is 12.6 Å². The molecule has 1 aliphatic rings. The number of halogens is 1. The Morgan fingerprint density at radius 2 is 2.11 bits per heavy atom. The van der Waals surface area contributed by atoms with Crippen LogP contribution in [0.3, 0.4) is 0 Å². The standard InChI is InChI=1S/C14H19FN2O/c1-14(2)12(16)8-5-9-17(14)13(18)10-6-3-4-7-11(10)15/h3-4,6-7,12H,5,8-9,16H2,1-2H3. The van der Waals surface area contributed by atoms with Crippen molar-refractivity contribution in [2.45, 2.75) is 38.3 Å². The van der Waals surface area contributed by atoms with Crippen molar-refractivity contribution in [3.63, 3.8) is 0 Å². The summed E-state index contributed by atoms with van der Waals surface area (Å²) in [6, 6.07) is 6.02. The Bertz CT molecular complexity index is 459. The number of likely N-dealkylation sites (tertiary alicyclic amines) is 1. The Kier molecular flexibility index (Phi) is 3.39. The first kappa shape index (κ1) is 13.0. The molecule has 2 N–H and O–H groups in total. The van der Waals surface area contributed by atoms with Gasteiger partial charge in [-0.2, -0.15) is 0 Å². The fourth-order valence-electron chi connectivity index (χ4n) is 2.45. The van der Waals surface area contributed by atoms with E-state index in [2.05, 4.69) is 0 Å². The van der Waals surface area contributed by atoms with Crippen molar-refractivity contribution in [2.24, 2.45) is 5.73 Å². The van der Waals surface area contributed by atoms with Gasteiger partial charge in [0.2, 0.25) is 0 Å². The number of piperidine rings is 1. The molecule has 1 aliphatic heterocycles. The number of nitrogens with two attached hydrogens (primary N) is 1. The second-order valence-corrected chi connectivity index (χ2v) is 5.34. The Hall–Kier alpha value is -1.42. The van der Waals surface area contributed by atoms with Crippen molar-refractivity contribution in [1.82, 2.24) is 4.90 Å². The van der Waals surface area contributed by atoms with Crippen molar-refractivity contribution in [3.05, 3.63) is 35.6 Å². The Morgan fingerprint density at radius 3 is 2.78 bits per heavy atom. The quantitative estimate of drug-likeness (QED) is 0.830. The zero-order valence-electron chi connectivity index (χ0n) is 10.8. The van der Waals surface area contributed by atoms with E-state index in [4.69, 9.17) is 5.73 Å². The predicted molar refractivity (Wildman–Crippen MR) is 68.7 cm³/mol. The number of hydrogen-bond acceptors (Lipinski definition) is 2. The molecule has 0 spiro atoms. The minimum atomic E-state index is -0.475. The number of hydrogen-bond donors (Lipinski definition) is 1. The summed E-state index contributed by atoms with van der Waals surface area (Å²) in [6.45, 7) is 4.51. The van der Waals surface area contributed by atoms with Gasteiger partial charge >= 0.3 is 0 Å². The SMILES string of the molecule is CC1(C)C(N)CCCN1C(=O)c1ccccc1F. The van der Waals surface area contributed by atoms with E-state index < -0.39 is 11.4 Å². The minimum absolute atomic E-state index is 0.0676. The molecule has 1 unspecified atom stereocenters. The third-order valence-electron chi connectivity index (χ3n) is 3.85. The summed E-state index contributed by atoms with van der Waals surface area (Å²) in [5.74, 6) is -0.745. The van der Waals surface area contributed by atoms with E-state index in [1.54, 1.807) is 17.0 Å². The smallest absolute Gasteiger partial charge is 0.257 e. The molecule has 1 aromatic carbocycles. The van der Waals surface area contributed by atoms with Crippen molar-refractivity contribution in [2.75, 3.05) is 6.54 Å². The summed E-state index contributed by atoms with van der Waals surface area (Å²) in [7, 11) is 0. The Labute approximate surface area is 107 Å². The fraction of sp³-hybridized carbons (Fsp3) is 0.500. The molecular weight excluding hydrogens is 231 g/mol. The molecule has 0 radical (unpaired) electrons. The zero-order chi connectivity index (χ0) is 13.3. The maximum absolute atomic E-state index is 13.7. The molecular formula is C14H19FN2O. The van der Waals surface area contributed by atoms with Crippen molar-refractivity contribution < 1.29 is 9.18 Å². The molecule has 1 atom stereocenters. The van der Waals surface area contributed by atoms with Crippen molar-refractivity contribution in [3.8, 4) is 0 Å². The van der Waals surface area contributed by atoms with Gasteiger partial charge in [0.1, 0.15) is 5.82 Å². The van der Waals surface area contributed by atoms with Gasteiger partial charge in [0.15, 0.2) is 0 Å². The molecule has 1 saturated heterocycles. The topological polar surface area (TPSA) is 46.3 Å². The molecule has 1 fully saturated rings. The lowest BCUT2D eigenvalue weighted by atomic mass is 9.85. The molecule has 0 aliphatic carbocycles. The van der Waals surface area contributed by atoms with Crippen LogP contribution in [0.15, 0.2) is 24.3 Å². The van der Waals surface area contributed by atoms with Crippen LogP contribution in [0.25, 0.3) is 0 Å². The molecule has 3 nitrogen and oxygen atoms in total. The molecule has 1 heterocycles. The Balaban J connectivity index is 2.31. The zero-order valence-corrected chi connectivity index (χ0v) is 10.8. The van der Waals surface area contributed by atoms with E-state index in [1.807, 2.05) is 13.8 Å². The Morgan fingerprint density at radius 1 is 1.44 bits per heavy atom. The first-order valence-electron chi connectivity index (χ1n) is 6.26. The highest BCUT2D eigenvalue weighted by molar-refractivity contribution is 5.95. The van der Waals surface area contributed by atoms with E-state index in [9.17, 15) is 9.18 Å². The summed E-state index contributed by atoms with van der Waals surface area (Å²) in [5.41, 5.74) is 5.76. The molecule has 1 aromatic rings. The van der Waals surface area contributed by atoms with Gasteiger partial charge in [0.05, 0.1) is 11.1 Å².